The molecule has 37 heavy (non-hydrogen) atoms. The predicted molar refractivity (Wildman–Crippen MR) is 144 cm³/mol. The van der Waals surface area contributed by atoms with E-state index in [1.54, 1.807) is 73.3 Å². The van der Waals surface area contributed by atoms with E-state index >= 15 is 0 Å². The van der Waals surface area contributed by atoms with Gasteiger partial charge in [0, 0.05) is 26.7 Å². The molecular formula is C29H31Cl2NO5. The minimum atomic E-state index is -1.56. The van der Waals surface area contributed by atoms with Crippen LogP contribution in [0.1, 0.15) is 66.3 Å². The van der Waals surface area contributed by atoms with Crippen molar-refractivity contribution in [2.24, 2.45) is 0 Å². The molecule has 3 aromatic rings. The molecule has 3 atom stereocenters. The summed E-state index contributed by atoms with van der Waals surface area (Å²) < 4.78 is 6.54. The summed E-state index contributed by atoms with van der Waals surface area (Å²) in [6, 6.07) is 18.9. The van der Waals surface area contributed by atoms with Crippen molar-refractivity contribution in [1.82, 2.24) is 4.90 Å². The van der Waals surface area contributed by atoms with Crippen molar-refractivity contribution >= 4 is 29.1 Å². The maximum Gasteiger partial charge on any atom is 0.257 e. The molecule has 4 rings (SSSR count). The largest absolute Gasteiger partial charge is 0.393 e. The van der Waals surface area contributed by atoms with Gasteiger partial charge in [-0.05, 0) is 69.2 Å². The normalized spacial score (nSPS) is 20.0. The lowest BCUT2D eigenvalue weighted by molar-refractivity contribution is -0.168. The van der Waals surface area contributed by atoms with Gasteiger partial charge in [0.2, 0.25) is 0 Å². The summed E-state index contributed by atoms with van der Waals surface area (Å²) >= 11 is 12.3. The van der Waals surface area contributed by atoms with Crippen LogP contribution in [0.15, 0.2) is 66.7 Å². The van der Waals surface area contributed by atoms with Crippen LogP contribution < -0.4 is 0 Å². The number of nitrogens with zero attached hydrogens (tertiary/aromatic N) is 1. The van der Waals surface area contributed by atoms with Gasteiger partial charge >= 0.3 is 0 Å². The first-order valence-electron chi connectivity index (χ1n) is 12.0. The van der Waals surface area contributed by atoms with Crippen LogP contribution in [0, 0.1) is 0 Å². The zero-order valence-electron chi connectivity index (χ0n) is 21.2. The van der Waals surface area contributed by atoms with E-state index in [0.29, 0.717) is 32.3 Å². The molecular weight excluding hydrogens is 513 g/mol. The van der Waals surface area contributed by atoms with Crippen molar-refractivity contribution in [3.05, 3.63) is 105 Å². The average Bonchev–Trinajstić information content (AvgIpc) is 3.11. The van der Waals surface area contributed by atoms with Gasteiger partial charge in [0.15, 0.2) is 5.72 Å². The molecule has 0 fully saturated rings. The number of aliphatic hydroxyl groups is 3. The lowest BCUT2D eigenvalue weighted by Crippen LogP contribution is -2.51. The molecule has 1 aliphatic rings. The topological polar surface area (TPSA) is 90.2 Å². The SMILES string of the molecule is C[C@@H](c1ccc(Cl)cc1)N1C(=O)c2cc(C(C)(C)O)ccc2[C@]1(OCC(C)(O)CO)c1ccc(Cl)cc1. The smallest absolute Gasteiger partial charge is 0.257 e. The van der Waals surface area contributed by atoms with Crippen molar-refractivity contribution in [2.75, 3.05) is 13.2 Å². The molecule has 0 aliphatic carbocycles. The number of aliphatic hydroxyl groups excluding tert-OH is 1. The Morgan fingerprint density at radius 1 is 0.946 bits per heavy atom. The van der Waals surface area contributed by atoms with Gasteiger partial charge in [0.05, 0.1) is 24.9 Å². The Balaban J connectivity index is 2.00. The lowest BCUT2D eigenvalue weighted by Gasteiger charge is -2.44. The molecule has 1 amide bonds. The number of fused-ring (bicyclic) bond motifs is 1. The molecule has 0 bridgehead atoms. The standard InChI is InChI=1S/C29H31Cl2NO5/c1-18(19-5-10-22(30)11-6-19)32-26(34)24-15-21(27(2,3)35)9-14-25(24)29(32,37-17-28(4,36)16-33)20-7-12-23(31)13-8-20/h5-15,18,33,35-36H,16-17H2,1-4H3/t18-,28?,29+/m0/s1. The summed E-state index contributed by atoms with van der Waals surface area (Å²) in [6.07, 6.45) is 0. The van der Waals surface area contributed by atoms with Crippen LogP contribution in [0.3, 0.4) is 0 Å². The van der Waals surface area contributed by atoms with Gasteiger partial charge < -0.3 is 20.1 Å². The highest BCUT2D eigenvalue weighted by Gasteiger charge is 2.55. The fourth-order valence-corrected chi connectivity index (χ4v) is 4.90. The Morgan fingerprint density at radius 2 is 1.51 bits per heavy atom. The third-order valence-corrected chi connectivity index (χ3v) is 7.29. The van der Waals surface area contributed by atoms with E-state index < -0.39 is 29.6 Å². The Morgan fingerprint density at radius 3 is 2.05 bits per heavy atom. The molecule has 8 heteroatoms. The fraction of sp³-hybridized carbons (Fsp3) is 0.345. The summed E-state index contributed by atoms with van der Waals surface area (Å²) in [7, 11) is 0. The molecule has 6 nitrogen and oxygen atoms in total. The molecule has 0 radical (unpaired) electrons. The molecule has 1 aliphatic heterocycles. The summed E-state index contributed by atoms with van der Waals surface area (Å²) in [5.41, 5.74) is -1.25. The highest BCUT2D eigenvalue weighted by Crippen LogP contribution is 2.50. The van der Waals surface area contributed by atoms with Crippen LogP contribution in [0.4, 0.5) is 0 Å². The number of carbonyl (C=O) groups is 1. The van der Waals surface area contributed by atoms with Gasteiger partial charge in [-0.1, -0.05) is 59.6 Å². The average molecular weight is 544 g/mol. The zero-order chi connectivity index (χ0) is 27.2. The number of halogens is 2. The highest BCUT2D eigenvalue weighted by molar-refractivity contribution is 6.30. The van der Waals surface area contributed by atoms with Crippen molar-refractivity contribution < 1.29 is 24.9 Å². The van der Waals surface area contributed by atoms with Gasteiger partial charge in [0.25, 0.3) is 5.91 Å². The molecule has 3 N–H and O–H groups in total. The van der Waals surface area contributed by atoms with E-state index in [9.17, 15) is 20.1 Å². The molecule has 1 unspecified atom stereocenters. The molecule has 0 aromatic heterocycles. The Kier molecular flexibility index (Phi) is 7.47. The lowest BCUT2D eigenvalue weighted by atomic mass is 9.88. The van der Waals surface area contributed by atoms with Gasteiger partial charge in [-0.2, -0.15) is 0 Å². The van der Waals surface area contributed by atoms with E-state index in [2.05, 4.69) is 0 Å². The van der Waals surface area contributed by atoms with E-state index in [-0.39, 0.29) is 12.5 Å². The predicted octanol–water partition coefficient (Wildman–Crippen LogP) is 5.40. The highest BCUT2D eigenvalue weighted by atomic mass is 35.5. The Bertz CT molecular complexity index is 1290. The Labute approximate surface area is 227 Å². The van der Waals surface area contributed by atoms with E-state index in [4.69, 9.17) is 27.9 Å². The quantitative estimate of drug-likeness (QED) is 0.354. The minimum absolute atomic E-state index is 0.268. The third-order valence-electron chi connectivity index (χ3n) is 6.79. The second-order valence-electron chi connectivity index (χ2n) is 10.3. The number of ether oxygens (including phenoxy) is 1. The first kappa shape index (κ1) is 27.6. The van der Waals surface area contributed by atoms with Gasteiger partial charge in [-0.25, -0.2) is 0 Å². The zero-order valence-corrected chi connectivity index (χ0v) is 22.7. The third kappa shape index (κ3) is 5.15. The van der Waals surface area contributed by atoms with Crippen molar-refractivity contribution in [2.45, 2.75) is 50.7 Å². The Hall–Kier alpha value is -2.45. The minimum Gasteiger partial charge on any atom is -0.393 e. The molecule has 0 saturated carbocycles. The van der Waals surface area contributed by atoms with E-state index in [1.807, 2.05) is 19.1 Å². The van der Waals surface area contributed by atoms with Crippen LogP contribution in [-0.2, 0) is 16.1 Å². The second kappa shape index (κ2) is 10.0. The fourth-order valence-electron chi connectivity index (χ4n) is 4.65. The number of hydrogen-bond donors (Lipinski definition) is 3. The van der Waals surface area contributed by atoms with Gasteiger partial charge in [0.1, 0.15) is 5.60 Å². The first-order chi connectivity index (χ1) is 17.3. The number of hydrogen-bond acceptors (Lipinski definition) is 5. The summed E-state index contributed by atoms with van der Waals surface area (Å²) in [5.74, 6) is -0.304. The maximum absolute atomic E-state index is 14.2. The summed E-state index contributed by atoms with van der Waals surface area (Å²) in [6.45, 7) is 5.87. The number of benzene rings is 3. The summed E-state index contributed by atoms with van der Waals surface area (Å²) in [5, 5.41) is 32.2. The van der Waals surface area contributed by atoms with Gasteiger partial charge in [-0.3, -0.25) is 9.69 Å². The maximum atomic E-state index is 14.2. The van der Waals surface area contributed by atoms with Crippen molar-refractivity contribution in [1.29, 1.82) is 0 Å². The number of rotatable bonds is 8. The molecule has 196 valence electrons. The van der Waals surface area contributed by atoms with Crippen molar-refractivity contribution in [3.8, 4) is 0 Å². The van der Waals surface area contributed by atoms with Crippen LogP contribution in [0.5, 0.6) is 0 Å². The van der Waals surface area contributed by atoms with Crippen LogP contribution >= 0.6 is 23.2 Å². The second-order valence-corrected chi connectivity index (χ2v) is 11.2. The van der Waals surface area contributed by atoms with Crippen LogP contribution in [0.2, 0.25) is 10.0 Å². The molecule has 0 saturated heterocycles. The van der Waals surface area contributed by atoms with Crippen LogP contribution in [-0.4, -0.2) is 44.9 Å². The molecule has 3 aromatic carbocycles. The van der Waals surface area contributed by atoms with Crippen molar-refractivity contribution in [3.63, 3.8) is 0 Å². The summed E-state index contributed by atoms with van der Waals surface area (Å²) in [4.78, 5) is 15.8. The molecule has 0 spiro atoms. The van der Waals surface area contributed by atoms with Gasteiger partial charge in [-0.15, -0.1) is 0 Å². The molecule has 1 heterocycles. The van der Waals surface area contributed by atoms with Crippen LogP contribution in [0.25, 0.3) is 0 Å². The van der Waals surface area contributed by atoms with E-state index in [0.717, 1.165) is 5.56 Å². The number of carbonyl (C=O) groups excluding carboxylic acids is 1. The monoisotopic (exact) mass is 543 g/mol. The first-order valence-corrected chi connectivity index (χ1v) is 12.8. The number of amides is 1. The van der Waals surface area contributed by atoms with E-state index in [1.165, 1.54) is 6.92 Å².